The third-order valence-electron chi connectivity index (χ3n) is 2.68. The first-order valence-corrected chi connectivity index (χ1v) is 6.03. The Kier molecular flexibility index (Phi) is 5.78. The topological polar surface area (TPSA) is 88.5 Å². The predicted molar refractivity (Wildman–Crippen MR) is 70.1 cm³/mol. The van der Waals surface area contributed by atoms with Gasteiger partial charge in [-0.25, -0.2) is 9.78 Å². The van der Waals surface area contributed by atoms with E-state index < -0.39 is 11.9 Å². The normalized spacial score (nSPS) is 11.7. The highest BCUT2D eigenvalue weighted by molar-refractivity contribution is 5.94. The molecule has 0 aliphatic heterocycles. The summed E-state index contributed by atoms with van der Waals surface area (Å²) in [6.07, 6.45) is 2.29. The molecule has 0 bridgehead atoms. The number of carbonyl (C=O) groups is 2. The van der Waals surface area contributed by atoms with Crippen LogP contribution in [0.4, 0.5) is 5.82 Å². The molecular weight excluding hydrogens is 248 g/mol. The van der Waals surface area contributed by atoms with Crippen LogP contribution in [0.3, 0.4) is 0 Å². The van der Waals surface area contributed by atoms with Crippen LogP contribution < -0.4 is 5.32 Å². The first kappa shape index (κ1) is 14.9. The molecule has 2 N–H and O–H groups in total. The van der Waals surface area contributed by atoms with Crippen LogP contribution in [0, 0.1) is 5.92 Å². The molecule has 1 heterocycles. The van der Waals surface area contributed by atoms with Gasteiger partial charge in [-0.05, 0) is 24.5 Å². The van der Waals surface area contributed by atoms with Gasteiger partial charge in [-0.15, -0.1) is 0 Å². The summed E-state index contributed by atoms with van der Waals surface area (Å²) in [7, 11) is 1.31. The number of methoxy groups -OCH3 is 1. The second-order valence-corrected chi connectivity index (χ2v) is 4.31. The third-order valence-corrected chi connectivity index (χ3v) is 2.68. The number of aromatic nitrogens is 1. The lowest BCUT2D eigenvalue weighted by atomic mass is 10.1. The Morgan fingerprint density at radius 1 is 1.53 bits per heavy atom. The zero-order valence-electron chi connectivity index (χ0n) is 11.0. The molecule has 0 amide bonds. The molecule has 104 valence electrons. The van der Waals surface area contributed by atoms with Crippen molar-refractivity contribution in [3.63, 3.8) is 0 Å². The molecule has 6 nitrogen and oxygen atoms in total. The molecule has 0 fully saturated rings. The van der Waals surface area contributed by atoms with Gasteiger partial charge >= 0.3 is 11.9 Å². The molecule has 1 atom stereocenters. The number of carboxylic acids is 1. The van der Waals surface area contributed by atoms with Crippen LogP contribution in [0.5, 0.6) is 0 Å². The average Bonchev–Trinajstić information content (AvgIpc) is 2.42. The van der Waals surface area contributed by atoms with E-state index in [2.05, 4.69) is 15.0 Å². The van der Waals surface area contributed by atoms with E-state index in [4.69, 9.17) is 5.11 Å². The van der Waals surface area contributed by atoms with Gasteiger partial charge in [-0.3, -0.25) is 4.79 Å². The van der Waals surface area contributed by atoms with Gasteiger partial charge in [0.2, 0.25) is 0 Å². The Balaban J connectivity index is 2.57. The molecule has 1 rings (SSSR count). The number of hydrogen-bond acceptors (Lipinski definition) is 5. The van der Waals surface area contributed by atoms with E-state index in [1.807, 2.05) is 6.92 Å². The molecule has 6 heteroatoms. The van der Waals surface area contributed by atoms with Crippen LogP contribution in [0.15, 0.2) is 18.3 Å². The minimum atomic E-state index is -0.806. The number of nitrogens with one attached hydrogen (secondary N) is 1. The van der Waals surface area contributed by atoms with Crippen molar-refractivity contribution in [2.24, 2.45) is 5.92 Å². The summed E-state index contributed by atoms with van der Waals surface area (Å²) in [6, 6.07) is 3.29. The lowest BCUT2D eigenvalue weighted by Crippen LogP contribution is -2.16. The van der Waals surface area contributed by atoms with Gasteiger partial charge in [0.25, 0.3) is 0 Å². The Labute approximate surface area is 111 Å². The molecule has 1 unspecified atom stereocenters. The molecular formula is C13H18N2O4. The summed E-state index contributed by atoms with van der Waals surface area (Å²) >= 11 is 0. The molecule has 19 heavy (non-hydrogen) atoms. The van der Waals surface area contributed by atoms with Crippen LogP contribution in [-0.4, -0.2) is 35.7 Å². The van der Waals surface area contributed by atoms with Crippen molar-refractivity contribution in [1.29, 1.82) is 0 Å². The molecule has 0 aliphatic carbocycles. The maximum atomic E-state index is 11.5. The highest BCUT2D eigenvalue weighted by atomic mass is 16.5. The van der Waals surface area contributed by atoms with Crippen LogP contribution >= 0.6 is 0 Å². The maximum absolute atomic E-state index is 11.5. The second kappa shape index (κ2) is 7.35. The van der Waals surface area contributed by atoms with E-state index in [-0.39, 0.29) is 12.3 Å². The lowest BCUT2D eigenvalue weighted by molar-refractivity contribution is -0.137. The maximum Gasteiger partial charge on any atom is 0.341 e. The van der Waals surface area contributed by atoms with Crippen LogP contribution in [0.1, 0.15) is 30.1 Å². The van der Waals surface area contributed by atoms with Crippen molar-refractivity contribution in [3.05, 3.63) is 23.9 Å². The van der Waals surface area contributed by atoms with Crippen molar-refractivity contribution >= 4 is 17.8 Å². The SMILES string of the molecule is COC(=O)c1cccnc1NCC(C)CCC(=O)O. The summed E-state index contributed by atoms with van der Waals surface area (Å²) in [6.45, 7) is 2.49. The predicted octanol–water partition coefficient (Wildman–Crippen LogP) is 1.78. The minimum Gasteiger partial charge on any atom is -0.481 e. The number of anilines is 1. The van der Waals surface area contributed by atoms with E-state index in [1.165, 1.54) is 7.11 Å². The van der Waals surface area contributed by atoms with Crippen LogP contribution in [-0.2, 0) is 9.53 Å². The van der Waals surface area contributed by atoms with E-state index in [0.717, 1.165) is 0 Å². The van der Waals surface area contributed by atoms with Crippen molar-refractivity contribution in [2.75, 3.05) is 19.0 Å². The number of esters is 1. The van der Waals surface area contributed by atoms with Gasteiger partial charge in [-0.2, -0.15) is 0 Å². The summed E-state index contributed by atoms with van der Waals surface area (Å²) < 4.78 is 4.67. The van der Waals surface area contributed by atoms with E-state index >= 15 is 0 Å². The Morgan fingerprint density at radius 3 is 2.89 bits per heavy atom. The number of carbonyl (C=O) groups excluding carboxylic acids is 1. The molecule has 1 aromatic heterocycles. The average molecular weight is 266 g/mol. The zero-order valence-corrected chi connectivity index (χ0v) is 11.0. The number of aliphatic carboxylic acids is 1. The standard InChI is InChI=1S/C13H18N2O4/c1-9(5-6-11(16)17)8-15-12-10(13(18)19-2)4-3-7-14-12/h3-4,7,9H,5-6,8H2,1-2H3,(H,14,15)(H,16,17). The summed E-state index contributed by atoms with van der Waals surface area (Å²) in [5, 5.41) is 11.6. The molecule has 0 spiro atoms. The van der Waals surface area contributed by atoms with Gasteiger partial charge in [0.1, 0.15) is 11.4 Å². The van der Waals surface area contributed by atoms with E-state index in [9.17, 15) is 9.59 Å². The quantitative estimate of drug-likeness (QED) is 0.731. The molecule has 1 aromatic rings. The summed E-state index contributed by atoms with van der Waals surface area (Å²) in [5.41, 5.74) is 0.371. The summed E-state index contributed by atoms with van der Waals surface area (Å²) in [5.74, 6) is -0.631. The minimum absolute atomic E-state index is 0.134. The second-order valence-electron chi connectivity index (χ2n) is 4.31. The van der Waals surface area contributed by atoms with E-state index in [0.29, 0.717) is 24.3 Å². The zero-order chi connectivity index (χ0) is 14.3. The van der Waals surface area contributed by atoms with Crippen molar-refractivity contribution in [2.45, 2.75) is 19.8 Å². The molecule has 0 aromatic carbocycles. The van der Waals surface area contributed by atoms with Crippen LogP contribution in [0.2, 0.25) is 0 Å². The van der Waals surface area contributed by atoms with Crippen molar-refractivity contribution in [1.82, 2.24) is 4.98 Å². The van der Waals surface area contributed by atoms with E-state index in [1.54, 1.807) is 18.3 Å². The third kappa shape index (κ3) is 4.95. The largest absolute Gasteiger partial charge is 0.481 e. The first-order valence-electron chi connectivity index (χ1n) is 6.03. The Hall–Kier alpha value is -2.11. The van der Waals surface area contributed by atoms with Crippen molar-refractivity contribution < 1.29 is 19.4 Å². The number of pyridine rings is 1. The molecule has 0 aliphatic rings. The van der Waals surface area contributed by atoms with Gasteiger partial charge in [0.05, 0.1) is 7.11 Å². The van der Waals surface area contributed by atoms with Gasteiger partial charge in [0, 0.05) is 19.2 Å². The Morgan fingerprint density at radius 2 is 2.26 bits per heavy atom. The number of nitrogens with zero attached hydrogens (tertiary/aromatic N) is 1. The number of carboxylic acid groups (broad SMARTS) is 1. The number of ether oxygens (including phenoxy) is 1. The monoisotopic (exact) mass is 266 g/mol. The van der Waals surface area contributed by atoms with Gasteiger partial charge < -0.3 is 15.2 Å². The first-order chi connectivity index (χ1) is 9.04. The number of rotatable bonds is 7. The van der Waals surface area contributed by atoms with Crippen LogP contribution in [0.25, 0.3) is 0 Å². The summed E-state index contributed by atoms with van der Waals surface area (Å²) in [4.78, 5) is 26.1. The number of hydrogen-bond donors (Lipinski definition) is 2. The van der Waals surface area contributed by atoms with Gasteiger partial charge in [0.15, 0.2) is 0 Å². The highest BCUT2D eigenvalue weighted by Gasteiger charge is 2.13. The molecule has 0 saturated carbocycles. The fraction of sp³-hybridized carbons (Fsp3) is 0.462. The molecule has 0 radical (unpaired) electrons. The highest BCUT2D eigenvalue weighted by Crippen LogP contribution is 2.14. The Bertz CT molecular complexity index is 448. The fourth-order valence-electron chi connectivity index (χ4n) is 1.56. The van der Waals surface area contributed by atoms with Gasteiger partial charge in [-0.1, -0.05) is 6.92 Å². The smallest absolute Gasteiger partial charge is 0.341 e. The lowest BCUT2D eigenvalue weighted by Gasteiger charge is -2.13. The fourth-order valence-corrected chi connectivity index (χ4v) is 1.56. The molecule has 0 saturated heterocycles. The van der Waals surface area contributed by atoms with Crippen molar-refractivity contribution in [3.8, 4) is 0 Å².